The Balaban J connectivity index is 2.39. The molecule has 4 nitrogen and oxygen atoms in total. The van der Waals surface area contributed by atoms with E-state index >= 15 is 0 Å². The Morgan fingerprint density at radius 3 is 2.41 bits per heavy atom. The summed E-state index contributed by atoms with van der Waals surface area (Å²) < 4.78 is 43.8. The third kappa shape index (κ3) is 4.17. The zero-order valence-electron chi connectivity index (χ0n) is 12.2. The van der Waals surface area contributed by atoms with Gasteiger partial charge in [0.15, 0.2) is 5.69 Å². The topological polar surface area (TPSA) is 47.0 Å². The minimum absolute atomic E-state index is 0.0672. The molecule has 118 valence electrons. The van der Waals surface area contributed by atoms with Crippen LogP contribution in [-0.2, 0) is 10.9 Å². The van der Waals surface area contributed by atoms with E-state index in [0.29, 0.717) is 18.7 Å². The van der Waals surface area contributed by atoms with Crippen molar-refractivity contribution in [3.05, 3.63) is 41.6 Å². The molecule has 0 aliphatic heterocycles. The van der Waals surface area contributed by atoms with E-state index in [4.69, 9.17) is 4.74 Å². The van der Waals surface area contributed by atoms with E-state index in [1.807, 2.05) is 19.1 Å². The van der Waals surface area contributed by atoms with Crippen LogP contribution in [-0.4, -0.2) is 30.2 Å². The molecule has 1 aromatic carbocycles. The highest BCUT2D eigenvalue weighted by molar-refractivity contribution is 5.61. The van der Waals surface area contributed by atoms with Crippen LogP contribution in [0.5, 0.6) is 0 Å². The van der Waals surface area contributed by atoms with Gasteiger partial charge >= 0.3 is 6.18 Å². The van der Waals surface area contributed by atoms with Crippen molar-refractivity contribution in [1.82, 2.24) is 9.97 Å². The number of alkyl halides is 3. The number of ether oxygens (including phenoxy) is 1. The van der Waals surface area contributed by atoms with Crippen molar-refractivity contribution in [3.63, 3.8) is 0 Å². The van der Waals surface area contributed by atoms with Crippen LogP contribution in [0.3, 0.4) is 0 Å². The molecule has 0 bridgehead atoms. The number of anilines is 1. The number of benzene rings is 1. The smallest absolute Gasteiger partial charge is 0.383 e. The fourth-order valence-electron chi connectivity index (χ4n) is 1.81. The van der Waals surface area contributed by atoms with Crippen LogP contribution in [0.2, 0.25) is 0 Å². The summed E-state index contributed by atoms with van der Waals surface area (Å²) in [5.41, 5.74) is 0.876. The van der Waals surface area contributed by atoms with Crippen LogP contribution < -0.4 is 5.32 Å². The van der Waals surface area contributed by atoms with Gasteiger partial charge in [-0.3, -0.25) is 0 Å². The average Bonchev–Trinajstić information content (AvgIpc) is 2.47. The zero-order valence-corrected chi connectivity index (χ0v) is 12.2. The Kier molecular flexibility index (Phi) is 4.97. The number of methoxy groups -OCH3 is 1. The molecule has 0 atom stereocenters. The Morgan fingerprint density at radius 2 is 1.82 bits per heavy atom. The first kappa shape index (κ1) is 16.2. The molecule has 2 rings (SSSR count). The molecule has 2 aromatic rings. The van der Waals surface area contributed by atoms with E-state index in [2.05, 4.69) is 15.3 Å². The molecule has 1 heterocycles. The average molecular weight is 311 g/mol. The summed E-state index contributed by atoms with van der Waals surface area (Å²) in [7, 11) is 1.51. The Hall–Kier alpha value is -2.15. The van der Waals surface area contributed by atoms with Gasteiger partial charge in [0.2, 0.25) is 5.95 Å². The van der Waals surface area contributed by atoms with Crippen LogP contribution >= 0.6 is 0 Å². The predicted octanol–water partition coefficient (Wildman–Crippen LogP) is 3.53. The number of halogens is 3. The number of aryl methyl sites for hydroxylation is 1. The summed E-state index contributed by atoms with van der Waals surface area (Å²) in [5, 5.41) is 2.73. The molecular weight excluding hydrogens is 295 g/mol. The van der Waals surface area contributed by atoms with Crippen molar-refractivity contribution < 1.29 is 17.9 Å². The summed E-state index contributed by atoms with van der Waals surface area (Å²) in [4.78, 5) is 7.66. The predicted molar refractivity (Wildman–Crippen MR) is 77.6 cm³/mol. The molecular formula is C15H16F3N3O. The molecule has 0 aliphatic rings. The largest absolute Gasteiger partial charge is 0.433 e. The van der Waals surface area contributed by atoms with Crippen molar-refractivity contribution in [1.29, 1.82) is 0 Å². The van der Waals surface area contributed by atoms with Crippen LogP contribution in [0, 0.1) is 6.92 Å². The first-order chi connectivity index (χ1) is 10.4. The molecule has 0 spiro atoms. The first-order valence-corrected chi connectivity index (χ1v) is 6.66. The maximum atomic E-state index is 13.0. The van der Waals surface area contributed by atoms with Crippen LogP contribution in [0.25, 0.3) is 11.3 Å². The van der Waals surface area contributed by atoms with E-state index in [9.17, 15) is 13.2 Å². The molecule has 22 heavy (non-hydrogen) atoms. The SMILES string of the molecule is COCCNc1nc(-c2ccc(C)cc2)cc(C(F)(F)F)n1. The highest BCUT2D eigenvalue weighted by Crippen LogP contribution is 2.31. The Bertz CT molecular complexity index is 627. The fraction of sp³-hybridized carbons (Fsp3) is 0.333. The van der Waals surface area contributed by atoms with Gasteiger partial charge in [0.25, 0.3) is 0 Å². The number of aromatic nitrogens is 2. The molecule has 0 unspecified atom stereocenters. The summed E-state index contributed by atoms with van der Waals surface area (Å²) >= 11 is 0. The first-order valence-electron chi connectivity index (χ1n) is 6.66. The Labute approximate surface area is 126 Å². The molecule has 1 aromatic heterocycles. The number of rotatable bonds is 5. The highest BCUT2D eigenvalue weighted by Gasteiger charge is 2.33. The van der Waals surface area contributed by atoms with E-state index in [-0.39, 0.29) is 11.6 Å². The van der Waals surface area contributed by atoms with Crippen molar-refractivity contribution in [2.24, 2.45) is 0 Å². The van der Waals surface area contributed by atoms with E-state index in [1.165, 1.54) is 7.11 Å². The van der Waals surface area contributed by atoms with Gasteiger partial charge in [0, 0.05) is 19.2 Å². The minimum Gasteiger partial charge on any atom is -0.383 e. The van der Waals surface area contributed by atoms with Gasteiger partial charge in [-0.25, -0.2) is 9.97 Å². The number of nitrogens with zero attached hydrogens (tertiary/aromatic N) is 2. The van der Waals surface area contributed by atoms with Gasteiger partial charge in [-0.2, -0.15) is 13.2 Å². The molecule has 0 fully saturated rings. The second-order valence-corrected chi connectivity index (χ2v) is 4.75. The maximum absolute atomic E-state index is 13.0. The summed E-state index contributed by atoms with van der Waals surface area (Å²) in [6, 6.07) is 8.06. The lowest BCUT2D eigenvalue weighted by atomic mass is 10.1. The van der Waals surface area contributed by atoms with Crippen molar-refractivity contribution in [2.75, 3.05) is 25.6 Å². The van der Waals surface area contributed by atoms with Gasteiger partial charge in [-0.1, -0.05) is 29.8 Å². The summed E-state index contributed by atoms with van der Waals surface area (Å²) in [6.07, 6.45) is -4.53. The maximum Gasteiger partial charge on any atom is 0.433 e. The molecule has 0 radical (unpaired) electrons. The third-order valence-corrected chi connectivity index (χ3v) is 2.95. The molecule has 0 amide bonds. The second-order valence-electron chi connectivity index (χ2n) is 4.75. The van der Waals surface area contributed by atoms with Gasteiger partial charge in [-0.15, -0.1) is 0 Å². The van der Waals surface area contributed by atoms with Crippen LogP contribution in [0.1, 0.15) is 11.3 Å². The third-order valence-electron chi connectivity index (χ3n) is 2.95. The van der Waals surface area contributed by atoms with Crippen molar-refractivity contribution in [2.45, 2.75) is 13.1 Å². The number of hydrogen-bond donors (Lipinski definition) is 1. The lowest BCUT2D eigenvalue weighted by molar-refractivity contribution is -0.141. The van der Waals surface area contributed by atoms with Gasteiger partial charge in [0.05, 0.1) is 12.3 Å². The fourth-order valence-corrected chi connectivity index (χ4v) is 1.81. The summed E-state index contributed by atoms with van der Waals surface area (Å²) in [5.74, 6) is -0.0672. The van der Waals surface area contributed by atoms with E-state index < -0.39 is 11.9 Å². The van der Waals surface area contributed by atoms with Crippen molar-refractivity contribution >= 4 is 5.95 Å². The molecule has 0 saturated carbocycles. The van der Waals surface area contributed by atoms with Gasteiger partial charge < -0.3 is 10.1 Å². The van der Waals surface area contributed by atoms with E-state index in [1.54, 1.807) is 12.1 Å². The molecule has 0 aliphatic carbocycles. The number of hydrogen-bond acceptors (Lipinski definition) is 4. The second kappa shape index (κ2) is 6.74. The van der Waals surface area contributed by atoms with Gasteiger partial charge in [-0.05, 0) is 13.0 Å². The quantitative estimate of drug-likeness (QED) is 0.858. The molecule has 0 saturated heterocycles. The number of nitrogens with one attached hydrogen (secondary N) is 1. The lowest BCUT2D eigenvalue weighted by Gasteiger charge is -2.11. The minimum atomic E-state index is -4.53. The lowest BCUT2D eigenvalue weighted by Crippen LogP contribution is -2.15. The van der Waals surface area contributed by atoms with Crippen molar-refractivity contribution in [3.8, 4) is 11.3 Å². The monoisotopic (exact) mass is 311 g/mol. The standard InChI is InChI=1S/C15H16F3N3O/c1-10-3-5-11(6-4-10)12-9-13(15(16,17)18)21-14(20-12)19-7-8-22-2/h3-6,9H,7-8H2,1-2H3,(H,19,20,21). The van der Waals surface area contributed by atoms with Crippen LogP contribution in [0.4, 0.5) is 19.1 Å². The molecule has 7 heteroatoms. The van der Waals surface area contributed by atoms with Crippen LogP contribution in [0.15, 0.2) is 30.3 Å². The Morgan fingerprint density at radius 1 is 1.14 bits per heavy atom. The zero-order chi connectivity index (χ0) is 16.2. The van der Waals surface area contributed by atoms with E-state index in [0.717, 1.165) is 11.6 Å². The summed E-state index contributed by atoms with van der Waals surface area (Å²) in [6.45, 7) is 2.58. The molecule has 1 N–H and O–H groups in total. The normalized spacial score (nSPS) is 11.5. The van der Waals surface area contributed by atoms with Gasteiger partial charge in [0.1, 0.15) is 0 Å². The highest BCUT2D eigenvalue weighted by atomic mass is 19.4.